The highest BCUT2D eigenvalue weighted by Crippen LogP contribution is 2.29. The van der Waals surface area contributed by atoms with Crippen LogP contribution in [0.3, 0.4) is 0 Å². The molecule has 0 aliphatic carbocycles. The van der Waals surface area contributed by atoms with Gasteiger partial charge in [0.1, 0.15) is 5.75 Å². The lowest BCUT2D eigenvalue weighted by Crippen LogP contribution is -2.29. The Morgan fingerprint density at radius 3 is 2.88 bits per heavy atom. The number of rotatable bonds is 1. The highest BCUT2D eigenvalue weighted by molar-refractivity contribution is 5.80. The summed E-state index contributed by atoms with van der Waals surface area (Å²) in [6.45, 7) is 2.03. The van der Waals surface area contributed by atoms with Gasteiger partial charge in [0, 0.05) is 12.1 Å². The maximum Gasteiger partial charge on any atom is 0.201 e. The lowest BCUT2D eigenvalue weighted by molar-refractivity contribution is 0.378. The van der Waals surface area contributed by atoms with Crippen LogP contribution in [-0.4, -0.2) is 27.7 Å². The fraction of sp³-hybridized carbons (Fsp3) is 0.417. The normalized spacial score (nSPS) is 17.6. The van der Waals surface area contributed by atoms with Gasteiger partial charge in [0.15, 0.2) is 0 Å². The third-order valence-corrected chi connectivity index (χ3v) is 3.37. The molecule has 0 unspecified atom stereocenters. The number of piperidine rings is 1. The molecule has 0 spiro atoms. The number of hydrogen-bond acceptors (Lipinski definition) is 4. The maximum absolute atomic E-state index is 9.44. The minimum absolute atomic E-state index is 0.229. The molecule has 0 amide bonds. The topological polar surface area (TPSA) is 76.1 Å². The zero-order chi connectivity index (χ0) is 11.8. The zero-order valence-corrected chi connectivity index (χ0v) is 9.56. The van der Waals surface area contributed by atoms with Gasteiger partial charge < -0.3 is 20.7 Å². The summed E-state index contributed by atoms with van der Waals surface area (Å²) in [5, 5.41) is 12.8. The molecule has 2 heterocycles. The van der Waals surface area contributed by atoms with Gasteiger partial charge in [-0.15, -0.1) is 0 Å². The molecule has 0 bridgehead atoms. The highest BCUT2D eigenvalue weighted by atomic mass is 16.3. The molecule has 4 N–H and O–H groups in total. The Balaban J connectivity index is 2.11. The summed E-state index contributed by atoms with van der Waals surface area (Å²) < 4.78 is 2.09. The van der Waals surface area contributed by atoms with E-state index >= 15 is 0 Å². The number of hydrogen-bond donors (Lipinski definition) is 3. The lowest BCUT2D eigenvalue weighted by atomic mass is 10.1. The van der Waals surface area contributed by atoms with Crippen LogP contribution in [0.2, 0.25) is 0 Å². The molecule has 5 nitrogen and oxygen atoms in total. The summed E-state index contributed by atoms with van der Waals surface area (Å²) >= 11 is 0. The minimum Gasteiger partial charge on any atom is -0.508 e. The van der Waals surface area contributed by atoms with Crippen molar-refractivity contribution in [2.45, 2.75) is 18.9 Å². The molecule has 5 heteroatoms. The SMILES string of the molecule is Nc1nc2cc(O)ccc2n1C1CCNCC1. The van der Waals surface area contributed by atoms with Crippen molar-refractivity contribution < 1.29 is 5.11 Å². The molecule has 1 aliphatic heterocycles. The van der Waals surface area contributed by atoms with Crippen molar-refractivity contribution in [1.82, 2.24) is 14.9 Å². The molecule has 1 aromatic heterocycles. The summed E-state index contributed by atoms with van der Waals surface area (Å²) in [6.07, 6.45) is 2.13. The number of phenols is 1. The number of anilines is 1. The molecule has 0 saturated carbocycles. The number of nitrogens with two attached hydrogens (primary N) is 1. The van der Waals surface area contributed by atoms with Gasteiger partial charge in [-0.2, -0.15) is 0 Å². The van der Waals surface area contributed by atoms with Crippen LogP contribution >= 0.6 is 0 Å². The van der Waals surface area contributed by atoms with E-state index in [2.05, 4.69) is 14.9 Å². The standard InChI is InChI=1S/C12H16N4O/c13-12-15-10-7-9(17)1-2-11(10)16(12)8-3-5-14-6-4-8/h1-2,7-8,14,17H,3-6H2,(H2,13,15). The van der Waals surface area contributed by atoms with Crippen LogP contribution in [0.25, 0.3) is 11.0 Å². The monoisotopic (exact) mass is 232 g/mol. The van der Waals surface area contributed by atoms with Crippen molar-refractivity contribution in [3.63, 3.8) is 0 Å². The molecule has 0 radical (unpaired) electrons. The molecule has 0 atom stereocenters. The fourth-order valence-corrected chi connectivity index (χ4v) is 2.55. The van der Waals surface area contributed by atoms with Crippen LogP contribution in [0.15, 0.2) is 18.2 Å². The van der Waals surface area contributed by atoms with E-state index in [0.717, 1.165) is 37.0 Å². The molecule has 3 rings (SSSR count). The van der Waals surface area contributed by atoms with Crippen molar-refractivity contribution in [1.29, 1.82) is 0 Å². The highest BCUT2D eigenvalue weighted by Gasteiger charge is 2.19. The first-order valence-electron chi connectivity index (χ1n) is 5.93. The smallest absolute Gasteiger partial charge is 0.201 e. The number of aromatic hydroxyl groups is 1. The van der Waals surface area contributed by atoms with Crippen molar-refractivity contribution in [2.75, 3.05) is 18.8 Å². The fourth-order valence-electron chi connectivity index (χ4n) is 2.55. The Labute approximate surface area is 99.3 Å². The molecule has 1 fully saturated rings. The van der Waals surface area contributed by atoms with E-state index in [1.54, 1.807) is 12.1 Å². The number of aromatic nitrogens is 2. The molecular formula is C12H16N4O. The Hall–Kier alpha value is -1.75. The summed E-state index contributed by atoms with van der Waals surface area (Å²) in [5.74, 6) is 0.768. The summed E-state index contributed by atoms with van der Waals surface area (Å²) in [7, 11) is 0. The number of imidazole rings is 1. The summed E-state index contributed by atoms with van der Waals surface area (Å²) in [6, 6.07) is 5.63. The lowest BCUT2D eigenvalue weighted by Gasteiger charge is -2.25. The van der Waals surface area contributed by atoms with Gasteiger partial charge in [-0.05, 0) is 38.1 Å². The third kappa shape index (κ3) is 1.72. The summed E-state index contributed by atoms with van der Waals surface area (Å²) in [5.41, 5.74) is 7.76. The van der Waals surface area contributed by atoms with E-state index in [1.165, 1.54) is 0 Å². The average Bonchev–Trinajstić information content (AvgIpc) is 2.65. The van der Waals surface area contributed by atoms with Crippen LogP contribution in [0.4, 0.5) is 5.95 Å². The van der Waals surface area contributed by atoms with Gasteiger partial charge in [0.05, 0.1) is 11.0 Å². The quantitative estimate of drug-likeness (QED) is 0.691. The molecular weight excluding hydrogens is 216 g/mol. The minimum atomic E-state index is 0.229. The van der Waals surface area contributed by atoms with E-state index in [1.807, 2.05) is 6.07 Å². The van der Waals surface area contributed by atoms with Gasteiger partial charge in [-0.3, -0.25) is 0 Å². The Morgan fingerprint density at radius 2 is 2.12 bits per heavy atom. The van der Waals surface area contributed by atoms with Crippen molar-refractivity contribution in [2.24, 2.45) is 0 Å². The first-order chi connectivity index (χ1) is 8.25. The van der Waals surface area contributed by atoms with Crippen molar-refractivity contribution in [3.05, 3.63) is 18.2 Å². The molecule has 90 valence electrons. The predicted molar refractivity (Wildman–Crippen MR) is 67.0 cm³/mol. The Kier molecular flexibility index (Phi) is 2.40. The second-order valence-corrected chi connectivity index (χ2v) is 4.49. The van der Waals surface area contributed by atoms with Gasteiger partial charge in [-0.25, -0.2) is 4.98 Å². The number of nitrogens with zero attached hydrogens (tertiary/aromatic N) is 2. The Morgan fingerprint density at radius 1 is 1.35 bits per heavy atom. The van der Waals surface area contributed by atoms with Crippen LogP contribution in [-0.2, 0) is 0 Å². The van der Waals surface area contributed by atoms with Crippen molar-refractivity contribution in [3.8, 4) is 5.75 Å². The van der Waals surface area contributed by atoms with E-state index in [4.69, 9.17) is 5.73 Å². The largest absolute Gasteiger partial charge is 0.508 e. The Bertz CT molecular complexity index is 543. The van der Waals surface area contributed by atoms with Gasteiger partial charge >= 0.3 is 0 Å². The van der Waals surface area contributed by atoms with E-state index in [-0.39, 0.29) is 5.75 Å². The number of phenolic OH excluding ortho intramolecular Hbond substituents is 1. The number of nitrogen functional groups attached to an aromatic ring is 1. The van der Waals surface area contributed by atoms with Crippen LogP contribution < -0.4 is 11.1 Å². The van der Waals surface area contributed by atoms with Gasteiger partial charge in [0.2, 0.25) is 5.95 Å². The molecule has 1 aliphatic rings. The van der Waals surface area contributed by atoms with E-state index in [0.29, 0.717) is 12.0 Å². The number of nitrogens with one attached hydrogen (secondary N) is 1. The van der Waals surface area contributed by atoms with Crippen molar-refractivity contribution >= 4 is 17.0 Å². The molecule has 1 saturated heterocycles. The third-order valence-electron chi connectivity index (χ3n) is 3.37. The maximum atomic E-state index is 9.44. The van der Waals surface area contributed by atoms with Crippen LogP contribution in [0, 0.1) is 0 Å². The second kappa shape index (κ2) is 3.92. The second-order valence-electron chi connectivity index (χ2n) is 4.49. The molecule has 17 heavy (non-hydrogen) atoms. The van der Waals surface area contributed by atoms with Gasteiger partial charge in [0.25, 0.3) is 0 Å². The molecule has 2 aromatic rings. The number of fused-ring (bicyclic) bond motifs is 1. The number of benzene rings is 1. The first-order valence-corrected chi connectivity index (χ1v) is 5.93. The summed E-state index contributed by atoms with van der Waals surface area (Å²) in [4.78, 5) is 4.31. The van der Waals surface area contributed by atoms with Crippen LogP contribution in [0.1, 0.15) is 18.9 Å². The van der Waals surface area contributed by atoms with E-state index < -0.39 is 0 Å². The predicted octanol–water partition coefficient (Wildman–Crippen LogP) is 1.25. The molecule has 1 aromatic carbocycles. The van der Waals surface area contributed by atoms with Gasteiger partial charge in [-0.1, -0.05) is 0 Å². The first kappa shape index (κ1) is 10.4. The van der Waals surface area contributed by atoms with E-state index in [9.17, 15) is 5.11 Å². The average molecular weight is 232 g/mol. The van der Waals surface area contributed by atoms with Crippen LogP contribution in [0.5, 0.6) is 5.75 Å². The zero-order valence-electron chi connectivity index (χ0n) is 9.56.